The molecule has 102 valence electrons. The maximum atomic E-state index is 6.37. The van der Waals surface area contributed by atoms with Gasteiger partial charge in [0.1, 0.15) is 0 Å². The fourth-order valence-electron chi connectivity index (χ4n) is 2.10. The van der Waals surface area contributed by atoms with Crippen LogP contribution in [0.25, 0.3) is 0 Å². The highest BCUT2D eigenvalue weighted by Gasteiger charge is 2.20. The van der Waals surface area contributed by atoms with Gasteiger partial charge in [-0.25, -0.2) is 0 Å². The van der Waals surface area contributed by atoms with Crippen molar-refractivity contribution in [1.29, 1.82) is 0 Å². The second-order valence-corrected chi connectivity index (χ2v) is 5.87. The summed E-state index contributed by atoms with van der Waals surface area (Å²) in [5, 5.41) is 4.91. The lowest BCUT2D eigenvalue weighted by molar-refractivity contribution is 0.559. The standard InChI is InChI=1S/C14H17BrClN3/c1-3-6-19-14(12(16)8-18-19)13(17)10-5-4-9(2)7-11(10)15/h4-5,7-8,13H,3,6,17H2,1-2H3. The zero-order valence-electron chi connectivity index (χ0n) is 11.0. The lowest BCUT2D eigenvalue weighted by Gasteiger charge is -2.17. The van der Waals surface area contributed by atoms with Crippen LogP contribution in [0.4, 0.5) is 0 Å². The fourth-order valence-corrected chi connectivity index (χ4v) is 3.10. The Morgan fingerprint density at radius 2 is 2.21 bits per heavy atom. The molecule has 0 aliphatic rings. The molecule has 1 aromatic heterocycles. The number of nitrogens with zero attached hydrogens (tertiary/aromatic N) is 2. The van der Waals surface area contributed by atoms with E-state index in [0.717, 1.165) is 28.7 Å². The van der Waals surface area contributed by atoms with Crippen molar-refractivity contribution >= 4 is 27.5 Å². The molecule has 1 heterocycles. The van der Waals surface area contributed by atoms with Gasteiger partial charge in [0.05, 0.1) is 23.0 Å². The molecule has 0 bridgehead atoms. The fraction of sp³-hybridized carbons (Fsp3) is 0.357. The first kappa shape index (κ1) is 14.6. The van der Waals surface area contributed by atoms with Crippen molar-refractivity contribution in [3.8, 4) is 0 Å². The molecule has 1 aromatic carbocycles. The van der Waals surface area contributed by atoms with Gasteiger partial charge in [0.25, 0.3) is 0 Å². The van der Waals surface area contributed by atoms with Crippen molar-refractivity contribution in [2.24, 2.45) is 5.73 Å². The summed E-state index contributed by atoms with van der Waals surface area (Å²) < 4.78 is 2.89. The SMILES string of the molecule is CCCn1ncc(Cl)c1C(N)c1ccc(C)cc1Br. The molecule has 5 heteroatoms. The largest absolute Gasteiger partial charge is 0.319 e. The van der Waals surface area contributed by atoms with E-state index < -0.39 is 0 Å². The molecule has 0 aliphatic carbocycles. The third-order valence-corrected chi connectivity index (χ3v) is 4.03. The second kappa shape index (κ2) is 6.07. The van der Waals surface area contributed by atoms with Crippen molar-refractivity contribution < 1.29 is 0 Å². The highest BCUT2D eigenvalue weighted by atomic mass is 79.9. The number of aromatic nitrogens is 2. The molecule has 0 radical (unpaired) electrons. The summed E-state index contributed by atoms with van der Waals surface area (Å²) in [6, 6.07) is 5.86. The Bertz CT molecular complexity index is 580. The monoisotopic (exact) mass is 341 g/mol. The number of benzene rings is 1. The molecule has 19 heavy (non-hydrogen) atoms. The average Bonchev–Trinajstić information content (AvgIpc) is 2.70. The van der Waals surface area contributed by atoms with Gasteiger partial charge in [-0.05, 0) is 30.5 Å². The molecule has 0 spiro atoms. The molecule has 1 unspecified atom stereocenters. The maximum Gasteiger partial charge on any atom is 0.0837 e. The van der Waals surface area contributed by atoms with E-state index in [4.69, 9.17) is 17.3 Å². The molecule has 0 saturated carbocycles. The Kier molecular flexibility index (Phi) is 4.66. The van der Waals surface area contributed by atoms with Crippen molar-refractivity contribution in [1.82, 2.24) is 9.78 Å². The Balaban J connectivity index is 2.43. The van der Waals surface area contributed by atoms with Gasteiger partial charge in [-0.2, -0.15) is 5.10 Å². The molecule has 0 amide bonds. The van der Waals surface area contributed by atoms with Crippen LogP contribution in [-0.2, 0) is 6.54 Å². The van der Waals surface area contributed by atoms with Crippen LogP contribution < -0.4 is 5.73 Å². The number of aryl methyl sites for hydroxylation is 2. The van der Waals surface area contributed by atoms with Crippen LogP contribution in [0.2, 0.25) is 5.02 Å². The minimum atomic E-state index is -0.281. The van der Waals surface area contributed by atoms with Crippen molar-refractivity contribution in [2.75, 3.05) is 0 Å². The molecule has 1 atom stereocenters. The van der Waals surface area contributed by atoms with Crippen LogP contribution in [-0.4, -0.2) is 9.78 Å². The highest BCUT2D eigenvalue weighted by Crippen LogP contribution is 2.31. The summed E-state index contributed by atoms with van der Waals surface area (Å²) in [6.45, 7) is 4.97. The first-order chi connectivity index (χ1) is 9.04. The Labute approximate surface area is 126 Å². The van der Waals surface area contributed by atoms with Crippen molar-refractivity contribution in [2.45, 2.75) is 32.9 Å². The number of halogens is 2. The summed E-state index contributed by atoms with van der Waals surface area (Å²) >= 11 is 9.80. The van der Waals surface area contributed by atoms with Gasteiger partial charge < -0.3 is 5.73 Å². The quantitative estimate of drug-likeness (QED) is 0.910. The summed E-state index contributed by atoms with van der Waals surface area (Å²) in [4.78, 5) is 0. The van der Waals surface area contributed by atoms with E-state index in [1.807, 2.05) is 23.7 Å². The van der Waals surface area contributed by atoms with Crippen molar-refractivity contribution in [3.05, 3.63) is 50.7 Å². The van der Waals surface area contributed by atoms with Crippen LogP contribution in [0.5, 0.6) is 0 Å². The van der Waals surface area contributed by atoms with Crippen LogP contribution >= 0.6 is 27.5 Å². The lowest BCUT2D eigenvalue weighted by atomic mass is 10.0. The van der Waals surface area contributed by atoms with E-state index in [9.17, 15) is 0 Å². The van der Waals surface area contributed by atoms with Crippen LogP contribution in [0, 0.1) is 6.92 Å². The Hall–Kier alpha value is -0.840. The summed E-state index contributed by atoms with van der Waals surface area (Å²) in [5.41, 5.74) is 9.45. The van der Waals surface area contributed by atoms with Gasteiger partial charge in [0, 0.05) is 11.0 Å². The molecule has 0 saturated heterocycles. The molecule has 2 N–H and O–H groups in total. The van der Waals surface area contributed by atoms with Gasteiger partial charge >= 0.3 is 0 Å². The Morgan fingerprint density at radius 1 is 1.47 bits per heavy atom. The van der Waals surface area contributed by atoms with E-state index in [-0.39, 0.29) is 6.04 Å². The minimum Gasteiger partial charge on any atom is -0.319 e. The zero-order chi connectivity index (χ0) is 14.0. The highest BCUT2D eigenvalue weighted by molar-refractivity contribution is 9.10. The summed E-state index contributed by atoms with van der Waals surface area (Å²) in [6.07, 6.45) is 2.65. The first-order valence-electron chi connectivity index (χ1n) is 6.27. The average molecular weight is 343 g/mol. The smallest absolute Gasteiger partial charge is 0.0837 e. The summed E-state index contributed by atoms with van der Waals surface area (Å²) in [7, 11) is 0. The molecule has 2 aromatic rings. The van der Waals surface area contributed by atoms with Crippen LogP contribution in [0.3, 0.4) is 0 Å². The summed E-state index contributed by atoms with van der Waals surface area (Å²) in [5.74, 6) is 0. The molecule has 0 fully saturated rings. The van der Waals surface area contributed by atoms with Gasteiger partial charge in [-0.1, -0.05) is 46.6 Å². The third kappa shape index (κ3) is 3.02. The molecular weight excluding hydrogens is 326 g/mol. The van der Waals surface area contributed by atoms with Crippen LogP contribution in [0.1, 0.15) is 36.2 Å². The first-order valence-corrected chi connectivity index (χ1v) is 7.44. The number of rotatable bonds is 4. The van der Waals surface area contributed by atoms with Gasteiger partial charge in [0.2, 0.25) is 0 Å². The van der Waals surface area contributed by atoms with E-state index in [1.165, 1.54) is 5.56 Å². The van der Waals surface area contributed by atoms with Gasteiger partial charge in [0.15, 0.2) is 0 Å². The predicted molar refractivity (Wildman–Crippen MR) is 82.4 cm³/mol. The molecule has 3 nitrogen and oxygen atoms in total. The minimum absolute atomic E-state index is 0.281. The zero-order valence-corrected chi connectivity index (χ0v) is 13.4. The van der Waals surface area contributed by atoms with E-state index >= 15 is 0 Å². The van der Waals surface area contributed by atoms with E-state index in [1.54, 1.807) is 6.20 Å². The predicted octanol–water partition coefficient (Wildman–Crippen LogP) is 4.07. The molecule has 0 aliphatic heterocycles. The second-order valence-electron chi connectivity index (χ2n) is 4.60. The van der Waals surface area contributed by atoms with Gasteiger partial charge in [-0.3, -0.25) is 4.68 Å². The third-order valence-electron chi connectivity index (χ3n) is 3.05. The number of hydrogen-bond acceptors (Lipinski definition) is 2. The maximum absolute atomic E-state index is 6.37. The molecular formula is C14H17BrClN3. The lowest BCUT2D eigenvalue weighted by Crippen LogP contribution is -2.18. The topological polar surface area (TPSA) is 43.8 Å². The van der Waals surface area contributed by atoms with E-state index in [0.29, 0.717) is 5.02 Å². The van der Waals surface area contributed by atoms with Crippen LogP contribution in [0.15, 0.2) is 28.9 Å². The van der Waals surface area contributed by atoms with Gasteiger partial charge in [-0.15, -0.1) is 0 Å². The normalized spacial score (nSPS) is 12.7. The number of hydrogen-bond donors (Lipinski definition) is 1. The molecule has 2 rings (SSSR count). The Morgan fingerprint density at radius 3 is 2.84 bits per heavy atom. The number of nitrogens with two attached hydrogens (primary N) is 1. The van der Waals surface area contributed by atoms with E-state index in [2.05, 4.69) is 34.0 Å². The van der Waals surface area contributed by atoms with Crippen molar-refractivity contribution in [3.63, 3.8) is 0 Å².